The van der Waals surface area contributed by atoms with E-state index >= 15 is 0 Å². The summed E-state index contributed by atoms with van der Waals surface area (Å²) in [5.74, 6) is 0.116. The lowest BCUT2D eigenvalue weighted by Crippen LogP contribution is -2.53. The highest BCUT2D eigenvalue weighted by Crippen LogP contribution is 2.18. The summed E-state index contributed by atoms with van der Waals surface area (Å²) in [5.41, 5.74) is 2.66. The van der Waals surface area contributed by atoms with E-state index in [4.69, 9.17) is 0 Å². The summed E-state index contributed by atoms with van der Waals surface area (Å²) in [6.07, 6.45) is 1.78. The zero-order chi connectivity index (χ0) is 15.0. The van der Waals surface area contributed by atoms with Gasteiger partial charge in [-0.05, 0) is 31.7 Å². The third-order valence-corrected chi connectivity index (χ3v) is 4.39. The Kier molecular flexibility index (Phi) is 3.68. The minimum atomic E-state index is 0.116. The second-order valence-electron chi connectivity index (χ2n) is 5.80. The zero-order valence-electron chi connectivity index (χ0n) is 12.9. The van der Waals surface area contributed by atoms with E-state index in [1.54, 1.807) is 6.33 Å². The SMILES string of the molecule is CCN1CCN(C(=O)c2ccc3c(c2)ncn3C)C(C)C1. The van der Waals surface area contributed by atoms with Crippen molar-refractivity contribution in [2.45, 2.75) is 19.9 Å². The van der Waals surface area contributed by atoms with Gasteiger partial charge >= 0.3 is 0 Å². The number of aromatic nitrogens is 2. The molecule has 1 unspecified atom stereocenters. The molecule has 1 saturated heterocycles. The molecule has 1 atom stereocenters. The largest absolute Gasteiger partial charge is 0.334 e. The summed E-state index contributed by atoms with van der Waals surface area (Å²) in [6, 6.07) is 6.04. The summed E-state index contributed by atoms with van der Waals surface area (Å²) < 4.78 is 1.96. The fraction of sp³-hybridized carbons (Fsp3) is 0.500. The third kappa shape index (κ3) is 2.53. The van der Waals surface area contributed by atoms with Gasteiger partial charge in [-0.3, -0.25) is 9.69 Å². The quantitative estimate of drug-likeness (QED) is 0.844. The number of rotatable bonds is 2. The Hall–Kier alpha value is -1.88. The van der Waals surface area contributed by atoms with Crippen LogP contribution in [0.3, 0.4) is 0 Å². The number of amides is 1. The monoisotopic (exact) mass is 286 g/mol. The van der Waals surface area contributed by atoms with Crippen LogP contribution in [0.5, 0.6) is 0 Å². The van der Waals surface area contributed by atoms with Gasteiger partial charge in [-0.2, -0.15) is 0 Å². The molecule has 2 aromatic rings. The van der Waals surface area contributed by atoms with Gasteiger partial charge in [0, 0.05) is 38.3 Å². The molecular formula is C16H22N4O. The number of piperazine rings is 1. The number of hydrogen-bond acceptors (Lipinski definition) is 3. The minimum Gasteiger partial charge on any atom is -0.334 e. The number of aryl methyl sites for hydroxylation is 1. The summed E-state index contributed by atoms with van der Waals surface area (Å²) >= 11 is 0. The lowest BCUT2D eigenvalue weighted by Gasteiger charge is -2.39. The number of nitrogens with zero attached hydrogens (tertiary/aromatic N) is 4. The molecule has 0 radical (unpaired) electrons. The molecule has 0 N–H and O–H groups in total. The van der Waals surface area contributed by atoms with Gasteiger partial charge in [-0.15, -0.1) is 0 Å². The standard InChI is InChI=1S/C16H22N4O/c1-4-19-7-8-20(12(2)10-19)16(21)13-5-6-15-14(9-13)17-11-18(15)3/h5-6,9,11-12H,4,7-8,10H2,1-3H3. The van der Waals surface area contributed by atoms with Crippen molar-refractivity contribution in [2.75, 3.05) is 26.2 Å². The van der Waals surface area contributed by atoms with Gasteiger partial charge < -0.3 is 9.47 Å². The van der Waals surface area contributed by atoms with E-state index in [2.05, 4.69) is 23.7 Å². The minimum absolute atomic E-state index is 0.116. The van der Waals surface area contributed by atoms with Crippen LogP contribution in [0.25, 0.3) is 11.0 Å². The Balaban J connectivity index is 1.83. The first-order chi connectivity index (χ1) is 10.1. The summed E-state index contributed by atoms with van der Waals surface area (Å²) in [7, 11) is 1.96. The van der Waals surface area contributed by atoms with Crippen LogP contribution in [-0.4, -0.2) is 57.5 Å². The van der Waals surface area contributed by atoms with Crippen LogP contribution in [0.4, 0.5) is 0 Å². The second-order valence-corrected chi connectivity index (χ2v) is 5.80. The predicted octanol–water partition coefficient (Wildman–Crippen LogP) is 1.74. The van der Waals surface area contributed by atoms with E-state index in [1.165, 1.54) is 0 Å². The molecule has 0 aliphatic carbocycles. The maximum absolute atomic E-state index is 12.7. The lowest BCUT2D eigenvalue weighted by molar-refractivity contribution is 0.0500. The molecule has 0 bridgehead atoms. The number of carbonyl (C=O) groups is 1. The molecule has 2 heterocycles. The Morgan fingerprint density at radius 2 is 2.19 bits per heavy atom. The van der Waals surface area contributed by atoms with Gasteiger partial charge in [-0.1, -0.05) is 6.92 Å². The highest BCUT2D eigenvalue weighted by atomic mass is 16.2. The van der Waals surface area contributed by atoms with Crippen LogP contribution in [0, 0.1) is 0 Å². The summed E-state index contributed by atoms with van der Waals surface area (Å²) in [5, 5.41) is 0. The molecule has 5 nitrogen and oxygen atoms in total. The summed E-state index contributed by atoms with van der Waals surface area (Å²) in [4.78, 5) is 21.4. The fourth-order valence-electron chi connectivity index (χ4n) is 3.06. The molecule has 1 aliphatic heterocycles. The van der Waals surface area contributed by atoms with Crippen LogP contribution in [0.1, 0.15) is 24.2 Å². The molecule has 3 rings (SSSR count). The van der Waals surface area contributed by atoms with Gasteiger partial charge in [0.05, 0.1) is 17.4 Å². The van der Waals surface area contributed by atoms with Crippen molar-refractivity contribution in [1.82, 2.24) is 19.4 Å². The van der Waals surface area contributed by atoms with Crippen LogP contribution in [0.2, 0.25) is 0 Å². The van der Waals surface area contributed by atoms with E-state index in [-0.39, 0.29) is 11.9 Å². The molecule has 1 amide bonds. The smallest absolute Gasteiger partial charge is 0.254 e. The fourth-order valence-corrected chi connectivity index (χ4v) is 3.06. The normalized spacial score (nSPS) is 20.1. The molecule has 112 valence electrons. The number of hydrogen-bond donors (Lipinski definition) is 0. The number of fused-ring (bicyclic) bond motifs is 1. The summed E-state index contributed by atoms with van der Waals surface area (Å²) in [6.45, 7) is 8.05. The van der Waals surface area contributed by atoms with Crippen molar-refractivity contribution < 1.29 is 4.79 Å². The highest BCUT2D eigenvalue weighted by Gasteiger charge is 2.27. The molecule has 0 saturated carbocycles. The second kappa shape index (κ2) is 5.48. The Labute approximate surface area is 125 Å². The van der Waals surface area contributed by atoms with Crippen molar-refractivity contribution in [2.24, 2.45) is 7.05 Å². The Morgan fingerprint density at radius 3 is 2.90 bits per heavy atom. The van der Waals surface area contributed by atoms with Crippen molar-refractivity contribution in [1.29, 1.82) is 0 Å². The van der Waals surface area contributed by atoms with Crippen LogP contribution < -0.4 is 0 Å². The highest BCUT2D eigenvalue weighted by molar-refractivity contribution is 5.97. The van der Waals surface area contributed by atoms with Crippen LogP contribution >= 0.6 is 0 Å². The topological polar surface area (TPSA) is 41.4 Å². The number of imidazole rings is 1. The van der Waals surface area contributed by atoms with Gasteiger partial charge in [0.25, 0.3) is 5.91 Å². The molecular weight excluding hydrogens is 264 g/mol. The van der Waals surface area contributed by atoms with Gasteiger partial charge in [0.1, 0.15) is 0 Å². The van der Waals surface area contributed by atoms with E-state index in [1.807, 2.05) is 34.7 Å². The zero-order valence-corrected chi connectivity index (χ0v) is 12.9. The van der Waals surface area contributed by atoms with Crippen molar-refractivity contribution in [3.63, 3.8) is 0 Å². The van der Waals surface area contributed by atoms with Crippen molar-refractivity contribution in [3.8, 4) is 0 Å². The van der Waals surface area contributed by atoms with Crippen LogP contribution in [0.15, 0.2) is 24.5 Å². The number of benzene rings is 1. The maximum Gasteiger partial charge on any atom is 0.254 e. The first-order valence-corrected chi connectivity index (χ1v) is 7.54. The first kappa shape index (κ1) is 14.1. The molecule has 0 spiro atoms. The van der Waals surface area contributed by atoms with E-state index in [0.717, 1.165) is 42.8 Å². The molecule has 5 heteroatoms. The van der Waals surface area contributed by atoms with Gasteiger partial charge in [0.2, 0.25) is 0 Å². The van der Waals surface area contributed by atoms with E-state index < -0.39 is 0 Å². The number of likely N-dealkylation sites (N-methyl/N-ethyl adjacent to an activating group) is 1. The van der Waals surface area contributed by atoms with Crippen LogP contribution in [-0.2, 0) is 7.05 Å². The lowest BCUT2D eigenvalue weighted by atomic mass is 10.1. The average Bonchev–Trinajstić information content (AvgIpc) is 2.87. The molecule has 21 heavy (non-hydrogen) atoms. The molecule has 1 aromatic carbocycles. The van der Waals surface area contributed by atoms with E-state index in [0.29, 0.717) is 0 Å². The van der Waals surface area contributed by atoms with Crippen molar-refractivity contribution >= 4 is 16.9 Å². The van der Waals surface area contributed by atoms with Crippen molar-refractivity contribution in [3.05, 3.63) is 30.1 Å². The first-order valence-electron chi connectivity index (χ1n) is 7.54. The Bertz CT molecular complexity index is 663. The molecule has 1 aromatic heterocycles. The number of carbonyl (C=O) groups excluding carboxylic acids is 1. The average molecular weight is 286 g/mol. The van der Waals surface area contributed by atoms with E-state index in [9.17, 15) is 4.79 Å². The molecule has 1 aliphatic rings. The van der Waals surface area contributed by atoms with Gasteiger partial charge in [-0.25, -0.2) is 4.98 Å². The Morgan fingerprint density at radius 1 is 1.38 bits per heavy atom. The predicted molar refractivity (Wildman–Crippen MR) is 83.3 cm³/mol. The van der Waals surface area contributed by atoms with Gasteiger partial charge in [0.15, 0.2) is 0 Å². The third-order valence-electron chi connectivity index (χ3n) is 4.39. The maximum atomic E-state index is 12.7. The molecule has 1 fully saturated rings.